The lowest BCUT2D eigenvalue weighted by Gasteiger charge is -2.12. The molecule has 0 aliphatic heterocycles. The van der Waals surface area contributed by atoms with Gasteiger partial charge in [0.15, 0.2) is 0 Å². The number of pyridine rings is 1. The molecule has 0 saturated carbocycles. The maximum Gasteiger partial charge on any atom is 0.263 e. The van der Waals surface area contributed by atoms with E-state index in [0.717, 1.165) is 11.1 Å². The van der Waals surface area contributed by atoms with E-state index in [0.29, 0.717) is 17.8 Å². The van der Waals surface area contributed by atoms with Crippen LogP contribution in [0, 0.1) is 5.82 Å². The molecular weight excluding hydrogens is 295 g/mol. The second kappa shape index (κ2) is 6.30. The van der Waals surface area contributed by atoms with Crippen molar-refractivity contribution in [3.05, 3.63) is 70.5 Å². The third-order valence-electron chi connectivity index (χ3n) is 3.75. The molecule has 0 aliphatic carbocycles. The smallest absolute Gasteiger partial charge is 0.263 e. The molecular formula is C18H17FN2O2. The van der Waals surface area contributed by atoms with E-state index >= 15 is 0 Å². The SMILES string of the molecule is CCOC(C)c1cnc2cc(-c3cccc(F)c3)ccn2c1=O. The molecule has 118 valence electrons. The Balaban J connectivity index is 2.09. The first-order valence-corrected chi connectivity index (χ1v) is 7.49. The molecule has 5 heteroatoms. The van der Waals surface area contributed by atoms with Crippen LogP contribution in [0.5, 0.6) is 0 Å². The van der Waals surface area contributed by atoms with Crippen LogP contribution in [0.3, 0.4) is 0 Å². The predicted octanol–water partition coefficient (Wildman–Crippen LogP) is 3.60. The minimum Gasteiger partial charge on any atom is -0.374 e. The summed E-state index contributed by atoms with van der Waals surface area (Å²) in [6, 6.07) is 9.87. The second-order valence-electron chi connectivity index (χ2n) is 5.27. The fourth-order valence-corrected chi connectivity index (χ4v) is 2.56. The van der Waals surface area contributed by atoms with E-state index in [1.165, 1.54) is 16.5 Å². The van der Waals surface area contributed by atoms with Crippen LogP contribution in [0.25, 0.3) is 16.8 Å². The lowest BCUT2D eigenvalue weighted by atomic mass is 10.1. The monoisotopic (exact) mass is 312 g/mol. The average molecular weight is 312 g/mol. The molecule has 0 aliphatic rings. The molecule has 0 spiro atoms. The number of benzene rings is 1. The van der Waals surface area contributed by atoms with Crippen molar-refractivity contribution < 1.29 is 9.13 Å². The molecule has 1 unspecified atom stereocenters. The lowest BCUT2D eigenvalue weighted by Crippen LogP contribution is -2.22. The molecule has 4 nitrogen and oxygen atoms in total. The summed E-state index contributed by atoms with van der Waals surface area (Å²) < 4.78 is 20.3. The number of hydrogen-bond acceptors (Lipinski definition) is 3. The molecule has 1 aromatic carbocycles. The molecule has 0 saturated heterocycles. The first-order chi connectivity index (χ1) is 11.1. The molecule has 1 atom stereocenters. The Labute approximate surface area is 133 Å². The normalized spacial score (nSPS) is 12.5. The highest BCUT2D eigenvalue weighted by Crippen LogP contribution is 2.21. The van der Waals surface area contributed by atoms with E-state index in [4.69, 9.17) is 4.74 Å². The quantitative estimate of drug-likeness (QED) is 0.739. The van der Waals surface area contributed by atoms with Gasteiger partial charge in [-0.25, -0.2) is 9.37 Å². The van der Waals surface area contributed by atoms with Gasteiger partial charge in [-0.2, -0.15) is 0 Å². The number of halogens is 1. The summed E-state index contributed by atoms with van der Waals surface area (Å²) in [5.74, 6) is -0.298. The van der Waals surface area contributed by atoms with Crippen molar-refractivity contribution in [1.82, 2.24) is 9.38 Å². The second-order valence-corrected chi connectivity index (χ2v) is 5.27. The minimum atomic E-state index is -0.306. The fraction of sp³-hybridized carbons (Fsp3) is 0.222. The van der Waals surface area contributed by atoms with Crippen LogP contribution < -0.4 is 5.56 Å². The van der Waals surface area contributed by atoms with Crippen molar-refractivity contribution in [3.63, 3.8) is 0 Å². The van der Waals surface area contributed by atoms with Gasteiger partial charge in [0.05, 0.1) is 11.7 Å². The van der Waals surface area contributed by atoms with Crippen LogP contribution in [0.1, 0.15) is 25.5 Å². The van der Waals surface area contributed by atoms with Gasteiger partial charge in [0.1, 0.15) is 11.5 Å². The molecule has 2 heterocycles. The zero-order chi connectivity index (χ0) is 16.4. The summed E-state index contributed by atoms with van der Waals surface area (Å²) in [6.45, 7) is 4.24. The van der Waals surface area contributed by atoms with Gasteiger partial charge in [0, 0.05) is 19.0 Å². The summed E-state index contributed by atoms with van der Waals surface area (Å²) >= 11 is 0. The van der Waals surface area contributed by atoms with E-state index in [1.807, 2.05) is 19.9 Å². The predicted molar refractivity (Wildman–Crippen MR) is 86.9 cm³/mol. The van der Waals surface area contributed by atoms with Crippen molar-refractivity contribution in [2.75, 3.05) is 6.61 Å². The van der Waals surface area contributed by atoms with Gasteiger partial charge in [0.2, 0.25) is 0 Å². The molecule has 0 amide bonds. The molecule has 0 radical (unpaired) electrons. The largest absolute Gasteiger partial charge is 0.374 e. The third-order valence-corrected chi connectivity index (χ3v) is 3.75. The van der Waals surface area contributed by atoms with Gasteiger partial charge >= 0.3 is 0 Å². The summed E-state index contributed by atoms with van der Waals surface area (Å²) in [5.41, 5.74) is 2.43. The van der Waals surface area contributed by atoms with Gasteiger partial charge < -0.3 is 4.74 Å². The fourth-order valence-electron chi connectivity index (χ4n) is 2.56. The van der Waals surface area contributed by atoms with Crippen LogP contribution in [0.2, 0.25) is 0 Å². The molecule has 0 N–H and O–H groups in total. The number of hydrogen-bond donors (Lipinski definition) is 0. The molecule has 3 aromatic rings. The Hall–Kier alpha value is -2.53. The zero-order valence-corrected chi connectivity index (χ0v) is 13.0. The topological polar surface area (TPSA) is 43.6 Å². The number of rotatable bonds is 4. The van der Waals surface area contributed by atoms with E-state index in [2.05, 4.69) is 4.98 Å². The van der Waals surface area contributed by atoms with Crippen LogP contribution in [0.15, 0.2) is 53.6 Å². The first-order valence-electron chi connectivity index (χ1n) is 7.49. The van der Waals surface area contributed by atoms with Crippen molar-refractivity contribution >= 4 is 5.65 Å². The highest BCUT2D eigenvalue weighted by Gasteiger charge is 2.13. The Bertz CT molecular complexity index is 905. The number of ether oxygens (including phenoxy) is 1. The van der Waals surface area contributed by atoms with Gasteiger partial charge in [-0.3, -0.25) is 9.20 Å². The molecule has 3 rings (SSSR count). The van der Waals surface area contributed by atoms with Crippen molar-refractivity contribution in [1.29, 1.82) is 0 Å². The van der Waals surface area contributed by atoms with Crippen molar-refractivity contribution in [2.24, 2.45) is 0 Å². The Kier molecular flexibility index (Phi) is 4.21. The van der Waals surface area contributed by atoms with Gasteiger partial charge in [-0.15, -0.1) is 0 Å². The van der Waals surface area contributed by atoms with E-state index in [-0.39, 0.29) is 17.5 Å². The van der Waals surface area contributed by atoms with Crippen LogP contribution in [-0.2, 0) is 4.74 Å². The minimum absolute atomic E-state index is 0.151. The summed E-state index contributed by atoms with van der Waals surface area (Å²) in [7, 11) is 0. The molecule has 23 heavy (non-hydrogen) atoms. The molecule has 0 bridgehead atoms. The van der Waals surface area contributed by atoms with Crippen LogP contribution in [0.4, 0.5) is 4.39 Å². The van der Waals surface area contributed by atoms with Gasteiger partial charge in [-0.1, -0.05) is 12.1 Å². The summed E-state index contributed by atoms with van der Waals surface area (Å²) in [5, 5.41) is 0. The summed E-state index contributed by atoms with van der Waals surface area (Å²) in [4.78, 5) is 16.9. The van der Waals surface area contributed by atoms with Gasteiger partial charge in [-0.05, 0) is 49.2 Å². The van der Waals surface area contributed by atoms with E-state index in [1.54, 1.807) is 30.6 Å². The number of fused-ring (bicyclic) bond motifs is 1. The van der Waals surface area contributed by atoms with E-state index in [9.17, 15) is 9.18 Å². The van der Waals surface area contributed by atoms with Crippen molar-refractivity contribution in [3.8, 4) is 11.1 Å². The first kappa shape index (κ1) is 15.4. The van der Waals surface area contributed by atoms with Crippen LogP contribution in [-0.4, -0.2) is 16.0 Å². The number of aromatic nitrogens is 2. The summed E-state index contributed by atoms with van der Waals surface area (Å²) in [6.07, 6.45) is 2.90. The Morgan fingerprint density at radius 1 is 1.26 bits per heavy atom. The maximum atomic E-state index is 13.4. The average Bonchev–Trinajstić information content (AvgIpc) is 2.55. The van der Waals surface area contributed by atoms with Gasteiger partial charge in [0.25, 0.3) is 5.56 Å². The number of nitrogens with zero attached hydrogens (tertiary/aromatic N) is 2. The highest BCUT2D eigenvalue weighted by atomic mass is 19.1. The molecule has 2 aromatic heterocycles. The standard InChI is InChI=1S/C18H17FN2O2/c1-3-23-12(2)16-11-20-17-10-14(7-8-21(17)18(16)22)13-5-4-6-15(19)9-13/h4-12H,3H2,1-2H3. The van der Waals surface area contributed by atoms with E-state index < -0.39 is 0 Å². The lowest BCUT2D eigenvalue weighted by molar-refractivity contribution is 0.0751. The Morgan fingerprint density at radius 3 is 2.78 bits per heavy atom. The van der Waals surface area contributed by atoms with Crippen LogP contribution >= 0.6 is 0 Å². The Morgan fingerprint density at radius 2 is 2.04 bits per heavy atom. The molecule has 0 fully saturated rings. The maximum absolute atomic E-state index is 13.4. The highest BCUT2D eigenvalue weighted by molar-refractivity contribution is 5.67. The third kappa shape index (κ3) is 3.00. The zero-order valence-electron chi connectivity index (χ0n) is 13.0. The van der Waals surface area contributed by atoms with Crippen molar-refractivity contribution in [2.45, 2.75) is 20.0 Å².